The van der Waals surface area contributed by atoms with Crippen molar-refractivity contribution < 1.29 is 0 Å². The van der Waals surface area contributed by atoms with Crippen molar-refractivity contribution in [3.63, 3.8) is 0 Å². The quantitative estimate of drug-likeness (QED) is 0.628. The lowest BCUT2D eigenvalue weighted by molar-refractivity contribution is 1.40. The lowest BCUT2D eigenvalue weighted by Crippen LogP contribution is -1.91. The van der Waals surface area contributed by atoms with Crippen molar-refractivity contribution in [1.29, 1.82) is 0 Å². The molecule has 0 aliphatic carbocycles. The van der Waals surface area contributed by atoms with Crippen LogP contribution >= 0.6 is 23.4 Å². The molecule has 0 fully saturated rings. The maximum absolute atomic E-state index is 5.76. The van der Waals surface area contributed by atoms with Crippen LogP contribution in [0.2, 0.25) is 0 Å². The van der Waals surface area contributed by atoms with Crippen LogP contribution in [0.15, 0.2) is 20.6 Å². The van der Waals surface area contributed by atoms with E-state index in [-0.39, 0.29) is 0 Å². The van der Waals surface area contributed by atoms with Gasteiger partial charge in [-0.2, -0.15) is 0 Å². The third-order valence-electron chi connectivity index (χ3n) is 1.16. The van der Waals surface area contributed by atoms with Gasteiger partial charge in [0.2, 0.25) is 0 Å². The second kappa shape index (κ2) is 5.38. The smallest absolute Gasteiger partial charge is 0.128 e. The number of allylic oxidation sites excluding steroid dienone is 1. The standard InChI is InChI=1S/C7H11ClN2S/c1-5(6(8)9-2)7(10-3)11-4/h3H2,1-2,4H3/b7-5+,9-6?. The Bertz CT molecular complexity index is 208. The number of aliphatic imine (C=N–C) groups is 2. The van der Waals surface area contributed by atoms with Crippen LogP contribution in [0.4, 0.5) is 0 Å². The Labute approximate surface area is 76.5 Å². The Morgan fingerprint density at radius 2 is 2.09 bits per heavy atom. The molecule has 0 saturated heterocycles. The lowest BCUT2D eigenvalue weighted by Gasteiger charge is -2.00. The minimum Gasteiger partial charge on any atom is -0.276 e. The maximum Gasteiger partial charge on any atom is 0.128 e. The summed E-state index contributed by atoms with van der Waals surface area (Å²) < 4.78 is 0. The molecule has 4 heteroatoms. The average molecular weight is 191 g/mol. The van der Waals surface area contributed by atoms with E-state index in [9.17, 15) is 0 Å². The predicted molar refractivity (Wildman–Crippen MR) is 55.0 cm³/mol. The van der Waals surface area contributed by atoms with Gasteiger partial charge in [0.1, 0.15) is 10.2 Å². The molecular formula is C7H11ClN2S. The molecule has 0 radical (unpaired) electrons. The molecule has 0 atom stereocenters. The van der Waals surface area contributed by atoms with Crippen molar-refractivity contribution in [2.75, 3.05) is 13.3 Å². The van der Waals surface area contributed by atoms with Gasteiger partial charge in [-0.3, -0.25) is 9.98 Å². The number of rotatable bonds is 3. The van der Waals surface area contributed by atoms with E-state index >= 15 is 0 Å². The predicted octanol–water partition coefficient (Wildman–Crippen LogP) is 2.55. The summed E-state index contributed by atoms with van der Waals surface area (Å²) in [4.78, 5) is 7.63. The van der Waals surface area contributed by atoms with E-state index in [0.29, 0.717) is 5.17 Å². The summed E-state index contributed by atoms with van der Waals surface area (Å²) in [5.41, 5.74) is 0.872. The Morgan fingerprint density at radius 3 is 2.36 bits per heavy atom. The lowest BCUT2D eigenvalue weighted by atomic mass is 10.3. The van der Waals surface area contributed by atoms with Crippen LogP contribution in [0.1, 0.15) is 6.92 Å². The van der Waals surface area contributed by atoms with E-state index in [1.807, 2.05) is 13.2 Å². The van der Waals surface area contributed by atoms with Crippen LogP contribution in [-0.2, 0) is 0 Å². The van der Waals surface area contributed by atoms with Crippen LogP contribution in [0.3, 0.4) is 0 Å². The molecular weight excluding hydrogens is 180 g/mol. The maximum atomic E-state index is 5.76. The summed E-state index contributed by atoms with van der Waals surface area (Å²) in [5, 5.41) is 1.31. The average Bonchev–Trinajstić information content (AvgIpc) is 2.05. The number of hydrogen-bond donors (Lipinski definition) is 0. The molecule has 0 aliphatic rings. The zero-order chi connectivity index (χ0) is 8.85. The fourth-order valence-electron chi connectivity index (χ4n) is 0.592. The molecule has 62 valence electrons. The van der Waals surface area contributed by atoms with Crippen LogP contribution in [0, 0.1) is 0 Å². The van der Waals surface area contributed by atoms with Gasteiger partial charge < -0.3 is 0 Å². The summed E-state index contributed by atoms with van der Waals surface area (Å²) in [7, 11) is 1.65. The van der Waals surface area contributed by atoms with Crippen LogP contribution in [0.5, 0.6) is 0 Å². The van der Waals surface area contributed by atoms with Gasteiger partial charge in [-0.15, -0.1) is 11.8 Å². The Kier molecular flexibility index (Phi) is 5.24. The number of thioether (sulfide) groups is 1. The molecule has 0 N–H and O–H groups in total. The molecule has 0 aromatic rings. The van der Waals surface area contributed by atoms with Crippen molar-refractivity contribution in [2.45, 2.75) is 6.92 Å². The molecule has 2 nitrogen and oxygen atoms in total. The van der Waals surface area contributed by atoms with Gasteiger partial charge in [0.05, 0.1) is 0 Å². The normalized spacial score (nSPS) is 14.4. The summed E-state index contributed by atoms with van der Waals surface area (Å²) in [6, 6.07) is 0. The van der Waals surface area contributed by atoms with E-state index < -0.39 is 0 Å². The Balaban J connectivity index is 4.75. The fraction of sp³-hybridized carbons (Fsp3) is 0.429. The van der Waals surface area contributed by atoms with Gasteiger partial charge >= 0.3 is 0 Å². The SMILES string of the molecule is C=N/C(SC)=C(/C)C(Cl)=NC. The van der Waals surface area contributed by atoms with E-state index in [4.69, 9.17) is 11.6 Å². The topological polar surface area (TPSA) is 24.7 Å². The van der Waals surface area contributed by atoms with Crippen molar-refractivity contribution in [2.24, 2.45) is 9.98 Å². The largest absolute Gasteiger partial charge is 0.276 e. The van der Waals surface area contributed by atoms with E-state index in [2.05, 4.69) is 16.7 Å². The number of hydrogen-bond acceptors (Lipinski definition) is 3. The van der Waals surface area contributed by atoms with E-state index in [1.165, 1.54) is 11.8 Å². The van der Waals surface area contributed by atoms with Crippen LogP contribution < -0.4 is 0 Å². The van der Waals surface area contributed by atoms with Gasteiger partial charge in [0.15, 0.2) is 0 Å². The second-order valence-corrected chi connectivity index (χ2v) is 2.96. The van der Waals surface area contributed by atoms with Crippen molar-refractivity contribution >= 4 is 35.3 Å². The van der Waals surface area contributed by atoms with Crippen LogP contribution in [0.25, 0.3) is 0 Å². The molecule has 0 aromatic heterocycles. The van der Waals surface area contributed by atoms with Gasteiger partial charge in [-0.05, 0) is 19.9 Å². The number of nitrogens with zero attached hydrogens (tertiary/aromatic N) is 2. The number of halogens is 1. The third kappa shape index (κ3) is 3.08. The summed E-state index contributed by atoms with van der Waals surface area (Å²) >= 11 is 7.27. The Hall–Kier alpha value is -0.280. The molecule has 0 bridgehead atoms. The first-order valence-corrected chi connectivity index (χ1v) is 4.61. The molecule has 0 heterocycles. The fourth-order valence-corrected chi connectivity index (χ4v) is 1.27. The zero-order valence-corrected chi connectivity index (χ0v) is 8.46. The highest BCUT2D eigenvalue weighted by Crippen LogP contribution is 2.19. The summed E-state index contributed by atoms with van der Waals surface area (Å²) in [6.07, 6.45) is 1.92. The molecule has 0 saturated carbocycles. The minimum atomic E-state index is 0.488. The molecule has 0 rings (SSSR count). The first kappa shape index (κ1) is 10.7. The Morgan fingerprint density at radius 1 is 1.55 bits per heavy atom. The first-order valence-electron chi connectivity index (χ1n) is 3.01. The van der Waals surface area contributed by atoms with Gasteiger partial charge in [-0.1, -0.05) is 11.6 Å². The van der Waals surface area contributed by atoms with Crippen molar-refractivity contribution in [3.8, 4) is 0 Å². The molecule has 0 unspecified atom stereocenters. The van der Waals surface area contributed by atoms with Gasteiger partial charge in [0, 0.05) is 12.6 Å². The summed E-state index contributed by atoms with van der Waals surface area (Å²) in [6.45, 7) is 5.30. The molecule has 0 amide bonds. The molecule has 11 heavy (non-hydrogen) atoms. The summed E-state index contributed by atoms with van der Waals surface area (Å²) in [5.74, 6) is 0. The third-order valence-corrected chi connectivity index (χ3v) is 2.44. The van der Waals surface area contributed by atoms with E-state index in [0.717, 1.165) is 10.6 Å². The highest BCUT2D eigenvalue weighted by molar-refractivity contribution is 8.02. The highest BCUT2D eigenvalue weighted by Gasteiger charge is 2.02. The molecule has 0 aliphatic heterocycles. The van der Waals surface area contributed by atoms with Crippen LogP contribution in [-0.4, -0.2) is 25.2 Å². The first-order chi connectivity index (χ1) is 5.17. The van der Waals surface area contributed by atoms with Crippen molar-refractivity contribution in [3.05, 3.63) is 10.6 Å². The molecule has 0 aromatic carbocycles. The molecule has 0 spiro atoms. The van der Waals surface area contributed by atoms with E-state index in [1.54, 1.807) is 7.05 Å². The van der Waals surface area contributed by atoms with Crippen molar-refractivity contribution in [1.82, 2.24) is 0 Å². The highest BCUT2D eigenvalue weighted by atomic mass is 35.5. The zero-order valence-electron chi connectivity index (χ0n) is 6.89. The van der Waals surface area contributed by atoms with Gasteiger partial charge in [-0.25, -0.2) is 0 Å². The van der Waals surface area contributed by atoms with Gasteiger partial charge in [0.25, 0.3) is 0 Å². The second-order valence-electron chi connectivity index (χ2n) is 1.81. The minimum absolute atomic E-state index is 0.488. The monoisotopic (exact) mass is 190 g/mol.